The van der Waals surface area contributed by atoms with Crippen molar-refractivity contribution >= 4 is 23.5 Å². The second-order valence-electron chi connectivity index (χ2n) is 6.54. The highest BCUT2D eigenvalue weighted by Crippen LogP contribution is 2.37. The van der Waals surface area contributed by atoms with Gasteiger partial charge in [0.25, 0.3) is 0 Å². The van der Waals surface area contributed by atoms with Gasteiger partial charge in [0.1, 0.15) is 5.76 Å². The summed E-state index contributed by atoms with van der Waals surface area (Å²) in [5.74, 6) is 2.23. The van der Waals surface area contributed by atoms with Gasteiger partial charge < -0.3 is 14.5 Å². The van der Waals surface area contributed by atoms with E-state index in [1.807, 2.05) is 49.4 Å². The number of benzene rings is 1. The molecule has 0 saturated carbocycles. The zero-order valence-corrected chi connectivity index (χ0v) is 16.7. The molecule has 7 heteroatoms. The highest BCUT2D eigenvalue weighted by atomic mass is 32.2. The topological polar surface area (TPSA) is 73.1 Å². The third-order valence-electron chi connectivity index (χ3n) is 4.39. The number of hydrogen-bond donors (Lipinski definition) is 1. The predicted octanol–water partition coefficient (Wildman–Crippen LogP) is 5.26. The standard InChI is InChI=1S/C21H22N4O2S/c1-3-4-12-28-21-23-20-18(24-25-21)16-9-5-6-10-17(16)22-19(27-20)14(2)13-15-8-7-11-26-15/h5-11,13,19,22H,3-4,12H2,1-2H3/b14-13+/t19-/m1/s1. The van der Waals surface area contributed by atoms with Crippen molar-refractivity contribution < 1.29 is 9.15 Å². The van der Waals surface area contributed by atoms with Crippen molar-refractivity contribution in [3.63, 3.8) is 0 Å². The first-order chi connectivity index (χ1) is 13.7. The Kier molecular flexibility index (Phi) is 5.62. The number of furan rings is 1. The van der Waals surface area contributed by atoms with Crippen molar-refractivity contribution in [2.24, 2.45) is 0 Å². The molecular formula is C21H22N4O2S. The number of rotatable bonds is 6. The number of anilines is 1. The highest BCUT2D eigenvalue weighted by Gasteiger charge is 2.26. The van der Waals surface area contributed by atoms with Crippen LogP contribution in [0.3, 0.4) is 0 Å². The second-order valence-corrected chi connectivity index (χ2v) is 7.60. The molecule has 0 amide bonds. The van der Waals surface area contributed by atoms with Gasteiger partial charge in [-0.25, -0.2) is 0 Å². The van der Waals surface area contributed by atoms with E-state index in [-0.39, 0.29) is 0 Å². The monoisotopic (exact) mass is 394 g/mol. The SMILES string of the molecule is CCCCSc1nnc2c(n1)O[C@H](/C(C)=C/c1ccco1)Nc1ccccc1-2. The summed E-state index contributed by atoms with van der Waals surface area (Å²) in [6.45, 7) is 4.17. The number of fused-ring (bicyclic) bond motifs is 3. The van der Waals surface area contributed by atoms with Crippen molar-refractivity contribution in [2.45, 2.75) is 38.1 Å². The Hall–Kier alpha value is -2.80. The first-order valence-corrected chi connectivity index (χ1v) is 10.3. The van der Waals surface area contributed by atoms with Gasteiger partial charge >= 0.3 is 0 Å². The third-order valence-corrected chi connectivity index (χ3v) is 5.31. The largest absolute Gasteiger partial charge is 0.465 e. The molecule has 1 N–H and O–H groups in total. The number of nitrogens with zero attached hydrogens (tertiary/aromatic N) is 3. The molecule has 0 unspecified atom stereocenters. The van der Waals surface area contributed by atoms with Crippen LogP contribution in [-0.2, 0) is 0 Å². The van der Waals surface area contributed by atoms with Gasteiger partial charge in [0, 0.05) is 17.0 Å². The molecule has 3 aromatic rings. The maximum absolute atomic E-state index is 6.25. The van der Waals surface area contributed by atoms with Crippen LogP contribution in [0.15, 0.2) is 57.8 Å². The molecule has 1 aromatic carbocycles. The third kappa shape index (κ3) is 4.04. The van der Waals surface area contributed by atoms with Gasteiger partial charge in [-0.2, -0.15) is 4.98 Å². The fourth-order valence-electron chi connectivity index (χ4n) is 2.90. The van der Waals surface area contributed by atoms with Crippen molar-refractivity contribution in [3.8, 4) is 17.1 Å². The van der Waals surface area contributed by atoms with Crippen LogP contribution < -0.4 is 10.1 Å². The minimum atomic E-state index is -0.391. The van der Waals surface area contributed by atoms with E-state index in [0.29, 0.717) is 16.7 Å². The van der Waals surface area contributed by atoms with E-state index >= 15 is 0 Å². The van der Waals surface area contributed by atoms with Gasteiger partial charge in [-0.1, -0.05) is 43.3 Å². The van der Waals surface area contributed by atoms with Crippen LogP contribution in [0.5, 0.6) is 5.88 Å². The second kappa shape index (κ2) is 8.48. The first kappa shape index (κ1) is 18.6. The molecule has 0 bridgehead atoms. The molecule has 0 saturated heterocycles. The minimum Gasteiger partial charge on any atom is -0.465 e. The lowest BCUT2D eigenvalue weighted by Gasteiger charge is -2.19. The molecule has 144 valence electrons. The van der Waals surface area contributed by atoms with Crippen molar-refractivity contribution in [2.75, 3.05) is 11.1 Å². The summed E-state index contributed by atoms with van der Waals surface area (Å²) in [6.07, 6.45) is 5.47. The zero-order chi connectivity index (χ0) is 19.3. The molecule has 2 aromatic heterocycles. The molecule has 1 aliphatic heterocycles. The molecule has 0 radical (unpaired) electrons. The van der Waals surface area contributed by atoms with E-state index in [0.717, 1.165) is 41.2 Å². The Morgan fingerprint density at radius 2 is 2.11 bits per heavy atom. The number of aromatic nitrogens is 3. The van der Waals surface area contributed by atoms with E-state index < -0.39 is 6.23 Å². The molecule has 0 fully saturated rings. The molecular weight excluding hydrogens is 372 g/mol. The number of nitrogens with one attached hydrogen (secondary N) is 1. The van der Waals surface area contributed by atoms with Crippen LogP contribution >= 0.6 is 11.8 Å². The van der Waals surface area contributed by atoms with Crippen LogP contribution in [0, 0.1) is 0 Å². The molecule has 3 heterocycles. The van der Waals surface area contributed by atoms with Gasteiger partial charge in [-0.15, -0.1) is 10.2 Å². The van der Waals surface area contributed by atoms with Crippen LogP contribution in [0.1, 0.15) is 32.4 Å². The average molecular weight is 395 g/mol. The molecule has 0 spiro atoms. The maximum Gasteiger partial charge on any atom is 0.247 e. The van der Waals surface area contributed by atoms with Crippen molar-refractivity contribution in [3.05, 3.63) is 54.0 Å². The minimum absolute atomic E-state index is 0.391. The summed E-state index contributed by atoms with van der Waals surface area (Å²) in [6, 6.07) is 11.7. The fourth-order valence-corrected chi connectivity index (χ4v) is 3.76. The van der Waals surface area contributed by atoms with Crippen LogP contribution in [0.4, 0.5) is 5.69 Å². The van der Waals surface area contributed by atoms with Gasteiger partial charge in [0.15, 0.2) is 11.9 Å². The van der Waals surface area contributed by atoms with E-state index in [4.69, 9.17) is 9.15 Å². The van der Waals surface area contributed by atoms with E-state index in [9.17, 15) is 0 Å². The average Bonchev–Trinajstić information content (AvgIpc) is 3.15. The van der Waals surface area contributed by atoms with Crippen molar-refractivity contribution in [1.82, 2.24) is 15.2 Å². The van der Waals surface area contributed by atoms with Crippen LogP contribution in [0.25, 0.3) is 17.3 Å². The summed E-state index contributed by atoms with van der Waals surface area (Å²) in [7, 11) is 0. The molecule has 0 aliphatic carbocycles. The molecule has 4 rings (SSSR count). The summed E-state index contributed by atoms with van der Waals surface area (Å²) >= 11 is 1.60. The maximum atomic E-state index is 6.25. The Morgan fingerprint density at radius 1 is 1.21 bits per heavy atom. The highest BCUT2D eigenvalue weighted by molar-refractivity contribution is 7.99. The van der Waals surface area contributed by atoms with E-state index in [1.165, 1.54) is 0 Å². The van der Waals surface area contributed by atoms with Crippen molar-refractivity contribution in [1.29, 1.82) is 0 Å². The molecule has 1 aliphatic rings. The molecule has 28 heavy (non-hydrogen) atoms. The smallest absolute Gasteiger partial charge is 0.247 e. The summed E-state index contributed by atoms with van der Waals surface area (Å²) in [4.78, 5) is 4.65. The normalized spacial score (nSPS) is 15.8. The lowest BCUT2D eigenvalue weighted by Crippen LogP contribution is -2.27. The number of hydrogen-bond acceptors (Lipinski definition) is 7. The Morgan fingerprint density at radius 3 is 2.93 bits per heavy atom. The molecule has 6 nitrogen and oxygen atoms in total. The van der Waals surface area contributed by atoms with E-state index in [2.05, 4.69) is 27.4 Å². The lowest BCUT2D eigenvalue weighted by molar-refractivity contribution is 0.255. The zero-order valence-electron chi connectivity index (χ0n) is 15.9. The Bertz CT molecular complexity index is 972. The fraction of sp³-hybridized carbons (Fsp3) is 0.286. The van der Waals surface area contributed by atoms with E-state index in [1.54, 1.807) is 18.0 Å². The van der Waals surface area contributed by atoms with Gasteiger partial charge in [-0.3, -0.25) is 0 Å². The lowest BCUT2D eigenvalue weighted by atomic mass is 10.1. The first-order valence-electron chi connectivity index (χ1n) is 9.36. The van der Waals surface area contributed by atoms with Gasteiger partial charge in [0.2, 0.25) is 11.0 Å². The number of para-hydroxylation sites is 1. The number of thioether (sulfide) groups is 1. The van der Waals surface area contributed by atoms with Crippen LogP contribution in [0.2, 0.25) is 0 Å². The Balaban J connectivity index is 1.70. The Labute approximate surface area is 168 Å². The predicted molar refractivity (Wildman–Crippen MR) is 111 cm³/mol. The quantitative estimate of drug-likeness (QED) is 0.452. The number of ether oxygens (including phenoxy) is 1. The summed E-state index contributed by atoms with van der Waals surface area (Å²) in [5, 5.41) is 12.8. The summed E-state index contributed by atoms with van der Waals surface area (Å²) < 4.78 is 11.7. The van der Waals surface area contributed by atoms with Crippen LogP contribution in [-0.4, -0.2) is 27.2 Å². The summed E-state index contributed by atoms with van der Waals surface area (Å²) in [5.41, 5.74) is 3.48. The number of unbranched alkanes of at least 4 members (excludes halogenated alkanes) is 1. The van der Waals surface area contributed by atoms with Gasteiger partial charge in [-0.05, 0) is 43.2 Å². The van der Waals surface area contributed by atoms with Gasteiger partial charge in [0.05, 0.1) is 6.26 Å². The molecule has 1 atom stereocenters.